The van der Waals surface area contributed by atoms with E-state index >= 15 is 0 Å². The van der Waals surface area contributed by atoms with Crippen LogP contribution in [0.4, 0.5) is 18.9 Å². The summed E-state index contributed by atoms with van der Waals surface area (Å²) in [7, 11) is 0. The van der Waals surface area contributed by atoms with Crippen LogP contribution in [0.3, 0.4) is 0 Å². The minimum Gasteiger partial charge on any atom is -0.492 e. The molecule has 1 N–H and O–H groups in total. The third-order valence-corrected chi connectivity index (χ3v) is 8.41. The lowest BCUT2D eigenvalue weighted by Gasteiger charge is -2.13. The number of aliphatic hydroxyl groups is 1. The lowest BCUT2D eigenvalue weighted by Crippen LogP contribution is -2.33. The van der Waals surface area contributed by atoms with Crippen LogP contribution in [0.25, 0.3) is 34.3 Å². The second kappa shape index (κ2) is 13.0. The average molecular weight is 668 g/mol. The van der Waals surface area contributed by atoms with Gasteiger partial charge in [-0.05, 0) is 42.5 Å². The van der Waals surface area contributed by atoms with Crippen LogP contribution in [-0.2, 0) is 6.18 Å². The van der Waals surface area contributed by atoms with Gasteiger partial charge in [0.05, 0.1) is 37.9 Å². The van der Waals surface area contributed by atoms with Crippen molar-refractivity contribution in [3.05, 3.63) is 151 Å². The Morgan fingerprint density at radius 1 is 0.936 bits per heavy atom. The molecule has 0 spiro atoms. The van der Waals surface area contributed by atoms with Crippen molar-refractivity contribution in [3.63, 3.8) is 0 Å². The van der Waals surface area contributed by atoms with Gasteiger partial charge in [-0.25, -0.2) is 9.67 Å². The molecular formula is C35H21ClF3N5O2S. The summed E-state index contributed by atoms with van der Waals surface area (Å²) in [6.45, 7) is 0. The van der Waals surface area contributed by atoms with Crippen molar-refractivity contribution in [2.75, 3.05) is 0 Å². The molecule has 0 amide bonds. The maximum atomic E-state index is 14.2. The predicted octanol–water partition coefficient (Wildman–Crippen LogP) is 7.22. The van der Waals surface area contributed by atoms with Gasteiger partial charge in [0.25, 0.3) is 5.56 Å². The summed E-state index contributed by atoms with van der Waals surface area (Å²) in [4.78, 5) is 18.2. The highest BCUT2D eigenvalue weighted by Gasteiger charge is 2.34. The third-order valence-electron chi connectivity index (χ3n) is 7.00. The van der Waals surface area contributed by atoms with Crippen LogP contribution in [0.5, 0.6) is 0 Å². The highest BCUT2D eigenvalue weighted by molar-refractivity contribution is 7.07. The predicted molar refractivity (Wildman–Crippen MR) is 177 cm³/mol. The van der Waals surface area contributed by atoms with E-state index in [1.807, 2.05) is 66.7 Å². The van der Waals surface area contributed by atoms with Crippen LogP contribution in [0.1, 0.15) is 11.1 Å². The van der Waals surface area contributed by atoms with E-state index in [0.717, 1.165) is 39.3 Å². The summed E-state index contributed by atoms with van der Waals surface area (Å²) in [6, 6.07) is 31.1. The molecule has 0 aliphatic rings. The number of benzene rings is 4. The van der Waals surface area contributed by atoms with E-state index in [2.05, 4.69) is 4.99 Å². The summed E-state index contributed by atoms with van der Waals surface area (Å²) >= 11 is 6.93. The van der Waals surface area contributed by atoms with Gasteiger partial charge in [0.2, 0.25) is 5.90 Å². The third kappa shape index (κ3) is 6.37. The number of rotatable bonds is 6. The number of aromatic nitrogens is 3. The van der Waals surface area contributed by atoms with Crippen LogP contribution >= 0.6 is 22.9 Å². The molecule has 7 nitrogen and oxygen atoms in total. The number of nitriles is 1. The van der Waals surface area contributed by atoms with Crippen molar-refractivity contribution in [1.82, 2.24) is 14.3 Å². The van der Waals surface area contributed by atoms with Gasteiger partial charge in [-0.1, -0.05) is 84.4 Å². The van der Waals surface area contributed by atoms with E-state index in [1.165, 1.54) is 30.3 Å². The highest BCUT2D eigenvalue weighted by atomic mass is 35.5. The number of nitrogens with zero attached hydrogens (tertiary/aromatic N) is 5. The monoisotopic (exact) mass is 667 g/mol. The molecule has 12 heteroatoms. The van der Waals surface area contributed by atoms with Crippen molar-refractivity contribution < 1.29 is 18.3 Å². The van der Waals surface area contributed by atoms with Gasteiger partial charge in [-0.3, -0.25) is 9.36 Å². The van der Waals surface area contributed by atoms with Crippen molar-refractivity contribution in [2.45, 2.75) is 6.18 Å². The summed E-state index contributed by atoms with van der Waals surface area (Å²) in [5, 5.41) is 26.1. The fraction of sp³-hybridized carbons (Fsp3) is 0.0286. The zero-order valence-corrected chi connectivity index (χ0v) is 25.6. The van der Waals surface area contributed by atoms with Gasteiger partial charge in [-0.2, -0.15) is 23.5 Å². The molecule has 0 aliphatic carbocycles. The summed E-state index contributed by atoms with van der Waals surface area (Å²) in [5.41, 5.74) is -0.374. The molecular weight excluding hydrogens is 647 g/mol. The van der Waals surface area contributed by atoms with Gasteiger partial charge >= 0.3 is 6.18 Å². The number of para-hydroxylation sites is 3. The van der Waals surface area contributed by atoms with E-state index in [-0.39, 0.29) is 19.9 Å². The fourth-order valence-corrected chi connectivity index (χ4v) is 6.11. The van der Waals surface area contributed by atoms with Crippen molar-refractivity contribution in [3.8, 4) is 28.7 Å². The molecule has 2 heterocycles. The molecule has 0 radical (unpaired) electrons. The maximum Gasteiger partial charge on any atom is 0.418 e. The number of halogens is 4. The molecule has 0 saturated heterocycles. The number of alkyl halides is 3. The summed E-state index contributed by atoms with van der Waals surface area (Å²) in [5.74, 6) is -0.825. The molecule has 6 aromatic rings. The zero-order valence-electron chi connectivity index (χ0n) is 24.1. The lowest BCUT2D eigenvalue weighted by molar-refractivity contribution is -0.137. The highest BCUT2D eigenvalue weighted by Crippen LogP contribution is 2.33. The smallest absolute Gasteiger partial charge is 0.418 e. The normalized spacial score (nSPS) is 13.0. The molecule has 0 fully saturated rings. The lowest BCUT2D eigenvalue weighted by atomic mass is 10.1. The van der Waals surface area contributed by atoms with E-state index in [0.29, 0.717) is 11.3 Å². The second-order valence-corrected chi connectivity index (χ2v) is 11.5. The van der Waals surface area contributed by atoms with Crippen LogP contribution in [0, 0.1) is 11.3 Å². The number of aliphatic imine (C=N–C) groups is 1. The van der Waals surface area contributed by atoms with Crippen LogP contribution in [0.15, 0.2) is 125 Å². The van der Waals surface area contributed by atoms with E-state index < -0.39 is 34.5 Å². The Morgan fingerprint density at radius 3 is 2.26 bits per heavy atom. The maximum absolute atomic E-state index is 14.2. The number of aliphatic hydroxyl groups excluding tert-OH is 1. The topological polar surface area (TPSA) is 96.2 Å². The number of thiazole rings is 1. The molecule has 6 rings (SSSR count). The van der Waals surface area contributed by atoms with Crippen molar-refractivity contribution in [1.29, 1.82) is 5.26 Å². The summed E-state index contributed by atoms with van der Waals surface area (Å²) < 4.78 is 44.9. The van der Waals surface area contributed by atoms with Crippen LogP contribution in [0.2, 0.25) is 5.02 Å². The first kappa shape index (κ1) is 31.3. The molecule has 0 atom stereocenters. The van der Waals surface area contributed by atoms with Crippen LogP contribution in [-0.4, -0.2) is 25.4 Å². The van der Waals surface area contributed by atoms with Gasteiger partial charge < -0.3 is 5.11 Å². The Labute approximate surface area is 274 Å². The molecule has 0 unspecified atom stereocenters. The molecule has 2 aromatic heterocycles. The van der Waals surface area contributed by atoms with Gasteiger partial charge in [0.15, 0.2) is 0 Å². The Hall–Kier alpha value is -5.70. The Kier molecular flexibility index (Phi) is 8.63. The minimum absolute atomic E-state index is 0.0138. The zero-order chi connectivity index (χ0) is 33.1. The van der Waals surface area contributed by atoms with Gasteiger partial charge in [-0.15, -0.1) is 11.3 Å². The molecule has 0 saturated carbocycles. The molecule has 232 valence electrons. The second-order valence-electron chi connectivity index (χ2n) is 10.0. The Bertz CT molecular complexity index is 2360. The van der Waals surface area contributed by atoms with Crippen molar-refractivity contribution >= 4 is 46.2 Å². The van der Waals surface area contributed by atoms with E-state index in [1.54, 1.807) is 23.0 Å². The number of hydrogen-bond donors (Lipinski definition) is 1. The Balaban J connectivity index is 1.68. The van der Waals surface area contributed by atoms with Gasteiger partial charge in [0, 0.05) is 17.3 Å². The van der Waals surface area contributed by atoms with E-state index in [4.69, 9.17) is 16.7 Å². The standard InChI is InChI=1S/C35H21ClF3N5O2S/c36-27-16-8-9-17-28(27)41-32(45)25(20-40)34-44(29-18-10-7-15-26(29)35(37,38)39)33(46)30(47-34)19-23-21-43(24-13-5-2-6-14-24)42-31(23)22-11-3-1-4-12-22/h1-19,21H,(H,41,45)/b30-19+,34-25-. The molecule has 4 aromatic carbocycles. The number of hydrogen-bond acceptors (Lipinski definition) is 5. The first-order valence-electron chi connectivity index (χ1n) is 13.9. The fourth-order valence-electron chi connectivity index (χ4n) is 4.85. The largest absolute Gasteiger partial charge is 0.492 e. The Morgan fingerprint density at radius 2 is 1.57 bits per heavy atom. The first-order valence-corrected chi connectivity index (χ1v) is 15.1. The quantitative estimate of drug-likeness (QED) is 0.150. The van der Waals surface area contributed by atoms with Crippen molar-refractivity contribution in [2.24, 2.45) is 4.99 Å². The summed E-state index contributed by atoms with van der Waals surface area (Å²) in [6.07, 6.45) is -1.62. The molecule has 47 heavy (non-hydrogen) atoms. The molecule has 0 bridgehead atoms. The van der Waals surface area contributed by atoms with Crippen LogP contribution < -0.4 is 14.8 Å². The average Bonchev–Trinajstić information content (AvgIpc) is 3.64. The minimum atomic E-state index is -4.84. The van der Waals surface area contributed by atoms with E-state index in [9.17, 15) is 28.3 Å². The van der Waals surface area contributed by atoms with Gasteiger partial charge in [0.1, 0.15) is 16.3 Å². The SMILES string of the molecule is N#C/C(C(O)=Nc1ccccc1Cl)=c1/s/c(=C/c2cn(-c3ccccc3)nc2-c2ccccc2)c(=O)n1-c1ccccc1C(F)(F)F. The molecule has 0 aliphatic heterocycles. The first-order chi connectivity index (χ1) is 22.7.